The first-order chi connectivity index (χ1) is 15.0. The molecule has 1 aromatic carbocycles. The maximum Gasteiger partial charge on any atom is 0.414 e. The summed E-state index contributed by atoms with van der Waals surface area (Å²) in [7, 11) is 1.68. The van der Waals surface area contributed by atoms with E-state index >= 15 is 0 Å². The Morgan fingerprint density at radius 2 is 1.84 bits per heavy atom. The van der Waals surface area contributed by atoms with Crippen molar-refractivity contribution in [1.82, 2.24) is 10.2 Å². The van der Waals surface area contributed by atoms with Gasteiger partial charge in [0, 0.05) is 26.2 Å². The average Bonchev–Trinajstić information content (AvgIpc) is 2.77. The molecule has 0 spiro atoms. The standard InChI is InChI=1S/C20H32N2O3.C2H2O4/c1-3-6-18-7-8-19(20(17-18)23-2)25-14-5-4-9-21-10-11-22-12-15-24-16-13-22;3-1(4)2(5)6/h3,6-8,17,21H,4-5,9-16H2,1-2H3;(H,3,4)(H,5,6). The minimum Gasteiger partial charge on any atom is -0.493 e. The van der Waals surface area contributed by atoms with E-state index in [9.17, 15) is 0 Å². The Bertz CT molecular complexity index is 676. The van der Waals surface area contributed by atoms with Crippen molar-refractivity contribution in [3.8, 4) is 11.5 Å². The van der Waals surface area contributed by atoms with Crippen molar-refractivity contribution in [2.75, 3.05) is 59.7 Å². The Morgan fingerprint density at radius 3 is 2.45 bits per heavy atom. The lowest BCUT2D eigenvalue weighted by Crippen LogP contribution is -2.40. The minimum absolute atomic E-state index is 0.713. The highest BCUT2D eigenvalue weighted by Crippen LogP contribution is 2.28. The van der Waals surface area contributed by atoms with Crippen LogP contribution in [0.15, 0.2) is 24.3 Å². The highest BCUT2D eigenvalue weighted by atomic mass is 16.5. The van der Waals surface area contributed by atoms with Crippen LogP contribution in [-0.4, -0.2) is 86.7 Å². The van der Waals surface area contributed by atoms with E-state index in [1.807, 2.05) is 31.2 Å². The first kappa shape index (κ1) is 26.4. The molecular formula is C22H34N2O7. The van der Waals surface area contributed by atoms with E-state index in [0.717, 1.165) is 75.8 Å². The minimum atomic E-state index is -1.82. The molecule has 2 rings (SSSR count). The van der Waals surface area contributed by atoms with Gasteiger partial charge >= 0.3 is 11.9 Å². The number of rotatable bonds is 11. The fourth-order valence-corrected chi connectivity index (χ4v) is 2.82. The molecule has 9 nitrogen and oxygen atoms in total. The highest BCUT2D eigenvalue weighted by molar-refractivity contribution is 6.27. The number of carboxylic acid groups (broad SMARTS) is 2. The molecular weight excluding hydrogens is 404 g/mol. The van der Waals surface area contributed by atoms with Crippen LogP contribution in [-0.2, 0) is 14.3 Å². The lowest BCUT2D eigenvalue weighted by atomic mass is 10.2. The van der Waals surface area contributed by atoms with E-state index in [0.29, 0.717) is 6.61 Å². The fraction of sp³-hybridized carbons (Fsp3) is 0.545. The van der Waals surface area contributed by atoms with Crippen molar-refractivity contribution in [2.45, 2.75) is 19.8 Å². The summed E-state index contributed by atoms with van der Waals surface area (Å²) in [6, 6.07) is 6.03. The van der Waals surface area contributed by atoms with Gasteiger partial charge in [-0.15, -0.1) is 0 Å². The van der Waals surface area contributed by atoms with Crippen LogP contribution < -0.4 is 14.8 Å². The number of hydrogen-bond acceptors (Lipinski definition) is 7. The molecule has 1 heterocycles. The molecule has 0 unspecified atom stereocenters. The van der Waals surface area contributed by atoms with Crippen molar-refractivity contribution in [2.24, 2.45) is 0 Å². The molecule has 1 aliphatic rings. The molecule has 31 heavy (non-hydrogen) atoms. The largest absolute Gasteiger partial charge is 0.493 e. The number of carbonyl (C=O) groups is 2. The molecule has 0 atom stereocenters. The van der Waals surface area contributed by atoms with Gasteiger partial charge in [0.05, 0.1) is 26.9 Å². The molecule has 1 saturated heterocycles. The molecule has 0 aliphatic carbocycles. The summed E-state index contributed by atoms with van der Waals surface area (Å²) in [5.74, 6) is -2.04. The topological polar surface area (TPSA) is 118 Å². The molecule has 9 heteroatoms. The van der Waals surface area contributed by atoms with Crippen molar-refractivity contribution in [1.29, 1.82) is 0 Å². The monoisotopic (exact) mass is 438 g/mol. The quantitative estimate of drug-likeness (QED) is 0.352. The van der Waals surface area contributed by atoms with Gasteiger partial charge in [0.25, 0.3) is 0 Å². The van der Waals surface area contributed by atoms with Gasteiger partial charge in [-0.1, -0.05) is 18.2 Å². The highest BCUT2D eigenvalue weighted by Gasteiger charge is 2.09. The van der Waals surface area contributed by atoms with E-state index in [1.165, 1.54) is 0 Å². The lowest BCUT2D eigenvalue weighted by Gasteiger charge is -2.26. The maximum atomic E-state index is 9.10. The number of aliphatic carboxylic acids is 2. The Hall–Kier alpha value is -2.62. The molecule has 3 N–H and O–H groups in total. The summed E-state index contributed by atoms with van der Waals surface area (Å²) in [6.07, 6.45) is 6.21. The van der Waals surface area contributed by atoms with E-state index in [2.05, 4.69) is 16.3 Å². The lowest BCUT2D eigenvalue weighted by molar-refractivity contribution is -0.159. The predicted octanol–water partition coefficient (Wildman–Crippen LogP) is 1.96. The van der Waals surface area contributed by atoms with Crippen LogP contribution in [0.3, 0.4) is 0 Å². The van der Waals surface area contributed by atoms with Gasteiger partial charge in [0.1, 0.15) is 0 Å². The van der Waals surface area contributed by atoms with Gasteiger partial charge in [-0.3, -0.25) is 4.90 Å². The van der Waals surface area contributed by atoms with Crippen LogP contribution in [0.25, 0.3) is 6.08 Å². The fourth-order valence-electron chi connectivity index (χ4n) is 2.82. The molecule has 1 fully saturated rings. The van der Waals surface area contributed by atoms with Gasteiger partial charge < -0.3 is 29.7 Å². The van der Waals surface area contributed by atoms with Crippen molar-refractivity contribution < 1.29 is 34.0 Å². The molecule has 174 valence electrons. The smallest absolute Gasteiger partial charge is 0.414 e. The molecule has 1 aromatic rings. The number of morpholine rings is 1. The van der Waals surface area contributed by atoms with E-state index < -0.39 is 11.9 Å². The number of hydrogen-bond donors (Lipinski definition) is 3. The van der Waals surface area contributed by atoms with Crippen LogP contribution in [0.5, 0.6) is 11.5 Å². The second-order valence-electron chi connectivity index (χ2n) is 6.78. The molecule has 0 saturated carbocycles. The Morgan fingerprint density at radius 1 is 1.13 bits per heavy atom. The first-order valence-corrected chi connectivity index (χ1v) is 10.4. The third-order valence-electron chi connectivity index (χ3n) is 4.44. The SMILES string of the molecule is CC=Cc1ccc(OCCCCNCCN2CCOCC2)c(OC)c1.O=C(O)C(=O)O. The van der Waals surface area contributed by atoms with Crippen molar-refractivity contribution >= 4 is 18.0 Å². The second kappa shape index (κ2) is 16.1. The normalized spacial score (nSPS) is 14.0. The Balaban J connectivity index is 0.000000703. The Labute approximate surface area is 183 Å². The number of ether oxygens (including phenoxy) is 3. The van der Waals surface area contributed by atoms with Crippen molar-refractivity contribution in [3.63, 3.8) is 0 Å². The van der Waals surface area contributed by atoms with Gasteiger partial charge in [0.15, 0.2) is 11.5 Å². The summed E-state index contributed by atoms with van der Waals surface area (Å²) < 4.78 is 16.6. The van der Waals surface area contributed by atoms with Crippen LogP contribution in [0.2, 0.25) is 0 Å². The van der Waals surface area contributed by atoms with Gasteiger partial charge in [-0.25, -0.2) is 9.59 Å². The summed E-state index contributed by atoms with van der Waals surface area (Å²) in [6.45, 7) is 9.76. The van der Waals surface area contributed by atoms with Crippen LogP contribution >= 0.6 is 0 Å². The first-order valence-electron chi connectivity index (χ1n) is 10.4. The molecule has 0 radical (unpaired) electrons. The number of benzene rings is 1. The van der Waals surface area contributed by atoms with Gasteiger partial charge in [-0.2, -0.15) is 0 Å². The van der Waals surface area contributed by atoms with Crippen molar-refractivity contribution in [3.05, 3.63) is 29.8 Å². The van der Waals surface area contributed by atoms with E-state index in [4.69, 9.17) is 34.0 Å². The van der Waals surface area contributed by atoms with Crippen LogP contribution in [0.4, 0.5) is 0 Å². The summed E-state index contributed by atoms with van der Waals surface area (Å²) in [5, 5.41) is 18.3. The molecule has 1 aliphatic heterocycles. The zero-order chi connectivity index (χ0) is 22.9. The number of methoxy groups -OCH3 is 1. The summed E-state index contributed by atoms with van der Waals surface area (Å²) in [4.78, 5) is 20.6. The number of nitrogens with one attached hydrogen (secondary N) is 1. The third-order valence-corrected chi connectivity index (χ3v) is 4.44. The third kappa shape index (κ3) is 12.0. The van der Waals surface area contributed by atoms with E-state index in [1.54, 1.807) is 7.11 Å². The number of allylic oxidation sites excluding steroid dienone is 1. The zero-order valence-electron chi connectivity index (χ0n) is 18.3. The Kier molecular flexibility index (Phi) is 13.7. The number of unbranched alkanes of at least 4 members (excludes halogenated alkanes) is 1. The van der Waals surface area contributed by atoms with Crippen LogP contribution in [0.1, 0.15) is 25.3 Å². The predicted molar refractivity (Wildman–Crippen MR) is 118 cm³/mol. The van der Waals surface area contributed by atoms with Gasteiger partial charge in [-0.05, 0) is 44.0 Å². The maximum absolute atomic E-state index is 9.10. The van der Waals surface area contributed by atoms with E-state index in [-0.39, 0.29) is 0 Å². The zero-order valence-corrected chi connectivity index (χ0v) is 18.3. The summed E-state index contributed by atoms with van der Waals surface area (Å²) >= 11 is 0. The van der Waals surface area contributed by atoms with Crippen LogP contribution in [0, 0.1) is 0 Å². The molecule has 0 aromatic heterocycles. The second-order valence-corrected chi connectivity index (χ2v) is 6.78. The average molecular weight is 439 g/mol. The number of nitrogens with zero attached hydrogens (tertiary/aromatic N) is 1. The number of carboxylic acids is 2. The summed E-state index contributed by atoms with van der Waals surface area (Å²) in [5.41, 5.74) is 1.12. The molecule has 0 amide bonds. The van der Waals surface area contributed by atoms with Gasteiger partial charge in [0.2, 0.25) is 0 Å². The molecule has 0 bridgehead atoms.